The Bertz CT molecular complexity index is 1860. The van der Waals surface area contributed by atoms with E-state index < -0.39 is 20.4 Å². The van der Waals surface area contributed by atoms with E-state index in [9.17, 15) is 18.3 Å². The fourth-order valence-corrected chi connectivity index (χ4v) is 9.78. The van der Waals surface area contributed by atoms with E-state index in [1.54, 1.807) is 31.5 Å². The van der Waals surface area contributed by atoms with Crippen LogP contribution in [0, 0.1) is 5.92 Å². The maximum atomic E-state index is 14.6. The van der Waals surface area contributed by atoms with E-state index in [0.717, 1.165) is 35.3 Å². The van der Waals surface area contributed by atoms with Crippen LogP contribution in [0.4, 0.5) is 0 Å². The Labute approximate surface area is 265 Å². The summed E-state index contributed by atoms with van der Waals surface area (Å²) in [6.07, 6.45) is 10.3. The van der Waals surface area contributed by atoms with Crippen LogP contribution >= 0.6 is 22.9 Å². The number of hydrogen-bond donors (Lipinski definition) is 1. The molecule has 2 fully saturated rings. The molecule has 0 saturated carbocycles. The highest BCUT2D eigenvalue weighted by Crippen LogP contribution is 2.44. The second-order valence-electron chi connectivity index (χ2n) is 12.4. The predicted octanol–water partition coefficient (Wildman–Crippen LogP) is 3.82. The normalized spacial score (nSPS) is 25.9. The molecule has 0 radical (unpaired) electrons. The van der Waals surface area contributed by atoms with Gasteiger partial charge in [-0.15, -0.1) is 11.3 Å². The van der Waals surface area contributed by atoms with Gasteiger partial charge in [0.25, 0.3) is 0 Å². The first-order chi connectivity index (χ1) is 21.0. The minimum atomic E-state index is -4.07. The van der Waals surface area contributed by atoms with Crippen LogP contribution in [0.5, 0.6) is 0 Å². The van der Waals surface area contributed by atoms with Crippen molar-refractivity contribution in [1.29, 1.82) is 0 Å². The first-order valence-electron chi connectivity index (χ1n) is 14.7. The van der Waals surface area contributed by atoms with Crippen molar-refractivity contribution in [2.24, 2.45) is 5.92 Å². The largest absolute Gasteiger partial charge is 0.378 e. The number of likely N-dealkylation sites (tertiary alicyclic amines) is 1. The van der Waals surface area contributed by atoms with Gasteiger partial charge in [-0.05, 0) is 69.6 Å². The zero-order valence-corrected chi connectivity index (χ0v) is 27.0. The molecule has 2 atom stereocenters. The second-order valence-corrected chi connectivity index (χ2v) is 16.1. The van der Waals surface area contributed by atoms with Crippen molar-refractivity contribution >= 4 is 61.0 Å². The topological polar surface area (TPSA) is 118 Å². The van der Waals surface area contributed by atoms with Crippen molar-refractivity contribution < 1.29 is 23.1 Å². The van der Waals surface area contributed by atoms with Crippen LogP contribution in [0.3, 0.4) is 0 Å². The van der Waals surface area contributed by atoms with Crippen molar-refractivity contribution in [3.05, 3.63) is 69.4 Å². The Morgan fingerprint density at radius 3 is 2.70 bits per heavy atom. The van der Waals surface area contributed by atoms with E-state index in [4.69, 9.17) is 16.3 Å². The Morgan fingerprint density at radius 1 is 1.23 bits per heavy atom. The molecule has 2 unspecified atom stereocenters. The van der Waals surface area contributed by atoms with Crippen molar-refractivity contribution in [3.8, 4) is 0 Å². The number of halogens is 1. The molecule has 3 aromatic rings. The fourth-order valence-electron chi connectivity index (χ4n) is 6.42. The summed E-state index contributed by atoms with van der Waals surface area (Å²) in [5, 5.41) is 12.2. The van der Waals surface area contributed by atoms with Crippen LogP contribution in [0.2, 0.25) is 0 Å². The second kappa shape index (κ2) is 10.9. The first kappa shape index (κ1) is 29.8. The Morgan fingerprint density at radius 2 is 2.05 bits per heavy atom. The molecule has 1 aliphatic carbocycles. The molecular formula is C31H34ClN5O5S2. The minimum Gasteiger partial charge on any atom is -0.378 e. The number of ether oxygens (including phenoxy) is 1. The quantitative estimate of drug-likeness (QED) is 0.426. The SMILES string of the molecule is CN1CCC(C(=O)N2CC=C(c3cc4cccnc4n3S(=O)(=O)C3(C)C=C(Cl)C(c4cnc(C5(O)COC5)s4)=CC3)CC2)C1. The van der Waals surface area contributed by atoms with E-state index in [1.807, 2.05) is 36.2 Å². The van der Waals surface area contributed by atoms with E-state index >= 15 is 0 Å². The van der Waals surface area contributed by atoms with Crippen LogP contribution in [-0.4, -0.2) is 94.4 Å². The average Bonchev–Trinajstić information content (AvgIpc) is 3.74. The van der Waals surface area contributed by atoms with E-state index in [0.29, 0.717) is 46.5 Å². The third kappa shape index (κ3) is 4.87. The molecule has 2 saturated heterocycles. The lowest BCUT2D eigenvalue weighted by Gasteiger charge is -2.34. The van der Waals surface area contributed by atoms with Gasteiger partial charge in [-0.1, -0.05) is 23.8 Å². The number of hydrogen-bond acceptors (Lipinski definition) is 9. The van der Waals surface area contributed by atoms with Gasteiger partial charge in [-0.2, -0.15) is 0 Å². The van der Waals surface area contributed by atoms with Gasteiger partial charge in [0.15, 0.2) is 11.2 Å². The molecule has 13 heteroatoms. The molecule has 6 heterocycles. The number of amides is 1. The maximum absolute atomic E-state index is 14.6. The fraction of sp³-hybridized carbons (Fsp3) is 0.452. The van der Waals surface area contributed by atoms with Gasteiger partial charge in [0, 0.05) is 48.0 Å². The van der Waals surface area contributed by atoms with E-state index in [-0.39, 0.29) is 31.5 Å². The number of allylic oxidation sites excluding steroid dienone is 3. The zero-order chi connectivity index (χ0) is 30.9. The van der Waals surface area contributed by atoms with Gasteiger partial charge in [-0.3, -0.25) is 4.79 Å². The smallest absolute Gasteiger partial charge is 0.250 e. The van der Waals surface area contributed by atoms with Crippen LogP contribution in [0.15, 0.2) is 53.9 Å². The summed E-state index contributed by atoms with van der Waals surface area (Å²) in [5.41, 5.74) is 1.40. The molecule has 232 valence electrons. The number of thiazole rings is 1. The lowest BCUT2D eigenvalue weighted by Crippen LogP contribution is -2.46. The lowest BCUT2D eigenvalue weighted by atomic mass is 9.97. The van der Waals surface area contributed by atoms with Gasteiger partial charge < -0.3 is 19.6 Å². The van der Waals surface area contributed by atoms with Crippen molar-refractivity contribution in [2.45, 2.75) is 36.5 Å². The molecule has 0 spiro atoms. The van der Waals surface area contributed by atoms with Crippen molar-refractivity contribution in [3.63, 3.8) is 0 Å². The Hall–Kier alpha value is -2.87. The highest BCUT2D eigenvalue weighted by atomic mass is 35.5. The van der Waals surface area contributed by atoms with Crippen LogP contribution in [0.1, 0.15) is 41.8 Å². The van der Waals surface area contributed by atoms with Gasteiger partial charge in [-0.25, -0.2) is 22.4 Å². The highest BCUT2D eigenvalue weighted by molar-refractivity contribution is 7.91. The predicted molar refractivity (Wildman–Crippen MR) is 171 cm³/mol. The standard InChI is InChI=1S/C31H34ClN5O5S2/c1-30(9-5-23(24(32)15-30)26-16-34-29(43-26)31(39)18-42-19-31)44(40,41)37-25(14-21-4-3-10-33-27(21)37)20-7-12-36(13-8-20)28(38)22-6-11-35(2)17-22/h3-5,7,10,14-16,22,39H,6,8-9,11-13,17-19H2,1-2H3. The molecule has 1 amide bonds. The number of pyridine rings is 1. The van der Waals surface area contributed by atoms with Gasteiger partial charge in [0.05, 0.1) is 29.7 Å². The lowest BCUT2D eigenvalue weighted by molar-refractivity contribution is -0.184. The third-order valence-electron chi connectivity index (χ3n) is 9.19. The molecule has 1 N–H and O–H groups in total. The highest BCUT2D eigenvalue weighted by Gasteiger charge is 2.44. The first-order valence-corrected chi connectivity index (χ1v) is 17.4. The monoisotopic (exact) mass is 655 g/mol. The Balaban J connectivity index is 1.20. The third-order valence-corrected chi connectivity index (χ3v) is 13.0. The molecule has 7 rings (SSSR count). The molecular weight excluding hydrogens is 622 g/mol. The van der Waals surface area contributed by atoms with E-state index in [1.165, 1.54) is 15.3 Å². The summed E-state index contributed by atoms with van der Waals surface area (Å²) in [6.45, 7) is 4.75. The molecule has 3 aliphatic heterocycles. The number of nitrogens with zero attached hydrogens (tertiary/aromatic N) is 5. The number of rotatable bonds is 6. The minimum absolute atomic E-state index is 0.0141. The molecule has 0 bridgehead atoms. The van der Waals surface area contributed by atoms with Gasteiger partial charge >= 0.3 is 0 Å². The molecule has 0 aromatic carbocycles. The number of aromatic nitrogens is 3. The molecule has 3 aromatic heterocycles. The van der Waals surface area contributed by atoms with Gasteiger partial charge in [0.1, 0.15) is 9.75 Å². The molecule has 10 nitrogen and oxygen atoms in total. The van der Waals surface area contributed by atoms with Crippen LogP contribution in [-0.2, 0) is 25.2 Å². The molecule has 44 heavy (non-hydrogen) atoms. The van der Waals surface area contributed by atoms with E-state index in [2.05, 4.69) is 14.9 Å². The Kier molecular flexibility index (Phi) is 7.38. The molecule has 4 aliphatic rings. The van der Waals surface area contributed by atoms with Crippen LogP contribution < -0.4 is 0 Å². The van der Waals surface area contributed by atoms with Crippen LogP contribution in [0.25, 0.3) is 22.2 Å². The average molecular weight is 656 g/mol. The van der Waals surface area contributed by atoms with Crippen molar-refractivity contribution in [1.82, 2.24) is 23.7 Å². The number of aliphatic hydroxyl groups is 1. The summed E-state index contributed by atoms with van der Waals surface area (Å²) in [7, 11) is -2.04. The summed E-state index contributed by atoms with van der Waals surface area (Å²) in [5.74, 6) is 0.181. The summed E-state index contributed by atoms with van der Waals surface area (Å²) < 4.78 is 34.4. The van der Waals surface area contributed by atoms with Crippen molar-refractivity contribution in [2.75, 3.05) is 46.4 Å². The zero-order valence-electron chi connectivity index (χ0n) is 24.6. The maximum Gasteiger partial charge on any atom is 0.250 e. The summed E-state index contributed by atoms with van der Waals surface area (Å²) in [6, 6.07) is 5.53. The number of carbonyl (C=O) groups is 1. The summed E-state index contributed by atoms with van der Waals surface area (Å²) >= 11 is 8.13. The number of carbonyl (C=O) groups excluding carboxylic acids is 1. The number of fused-ring (bicyclic) bond motifs is 1. The summed E-state index contributed by atoms with van der Waals surface area (Å²) in [4.78, 5) is 26.8. The van der Waals surface area contributed by atoms with Gasteiger partial charge in [0.2, 0.25) is 15.9 Å².